The van der Waals surface area contributed by atoms with Crippen LogP contribution < -0.4 is 16.0 Å². The van der Waals surface area contributed by atoms with Gasteiger partial charge < -0.3 is 16.0 Å². The van der Waals surface area contributed by atoms with Crippen LogP contribution >= 0.6 is 0 Å². The van der Waals surface area contributed by atoms with E-state index in [1.807, 2.05) is 19.1 Å². The molecule has 2 rings (SSSR count). The van der Waals surface area contributed by atoms with Gasteiger partial charge >= 0.3 is 0 Å². The number of benzene rings is 1. The summed E-state index contributed by atoms with van der Waals surface area (Å²) in [6, 6.07) is 8.20. The average Bonchev–Trinajstić information content (AvgIpc) is 2.54. The predicted octanol–water partition coefficient (Wildman–Crippen LogP) is 2.99. The Balaban J connectivity index is 1.88. The van der Waals surface area contributed by atoms with Crippen LogP contribution in [-0.4, -0.2) is 25.5 Å². The zero-order chi connectivity index (χ0) is 15.1. The normalized spacial score (nSPS) is 16.6. The second-order valence-electron chi connectivity index (χ2n) is 5.92. The lowest BCUT2D eigenvalue weighted by molar-refractivity contribution is -0.119. The van der Waals surface area contributed by atoms with E-state index >= 15 is 0 Å². The van der Waals surface area contributed by atoms with E-state index in [9.17, 15) is 4.79 Å². The van der Waals surface area contributed by atoms with Crippen LogP contribution in [-0.2, 0) is 4.79 Å². The number of nitrogens with two attached hydrogens (primary N) is 1. The number of rotatable bonds is 6. The third-order valence-electron chi connectivity index (χ3n) is 4.14. The first-order valence-electron chi connectivity index (χ1n) is 8.06. The number of carbonyl (C=O) groups excluding carboxylic acids is 1. The maximum Gasteiger partial charge on any atom is 0.227 e. The van der Waals surface area contributed by atoms with Gasteiger partial charge in [0.1, 0.15) is 0 Å². The molecule has 1 atom stereocenters. The van der Waals surface area contributed by atoms with E-state index in [1.54, 1.807) is 0 Å². The van der Waals surface area contributed by atoms with E-state index in [0.717, 1.165) is 31.6 Å². The van der Waals surface area contributed by atoms with Crippen molar-refractivity contribution in [3.8, 4) is 0 Å². The van der Waals surface area contributed by atoms with Gasteiger partial charge in [-0.15, -0.1) is 0 Å². The quantitative estimate of drug-likeness (QED) is 0.846. The molecule has 1 fully saturated rings. The molecule has 1 aromatic carbocycles. The van der Waals surface area contributed by atoms with Crippen molar-refractivity contribution in [1.82, 2.24) is 0 Å². The van der Waals surface area contributed by atoms with Crippen molar-refractivity contribution in [2.75, 3.05) is 29.9 Å². The minimum absolute atomic E-state index is 0.00956. The van der Waals surface area contributed by atoms with E-state index in [4.69, 9.17) is 5.73 Å². The minimum Gasteiger partial charge on any atom is -0.372 e. The lowest BCUT2D eigenvalue weighted by Crippen LogP contribution is -2.29. The number of anilines is 2. The molecular weight excluding hydrogens is 262 g/mol. The molecular formula is C17H27N3O. The standard InChI is InChI=1S/C17H27N3O/c1-14(6-5-11-18)17(21)19-15-7-9-16(10-8-15)20-12-3-2-4-13-20/h7-10,14H,2-6,11-13,18H2,1H3,(H,19,21). The molecule has 1 heterocycles. The van der Waals surface area contributed by atoms with Crippen LogP contribution in [0.25, 0.3) is 0 Å². The van der Waals surface area contributed by atoms with E-state index in [0.29, 0.717) is 6.54 Å². The largest absolute Gasteiger partial charge is 0.372 e. The highest BCUT2D eigenvalue weighted by molar-refractivity contribution is 5.92. The van der Waals surface area contributed by atoms with Crippen molar-refractivity contribution in [1.29, 1.82) is 0 Å². The van der Waals surface area contributed by atoms with Gasteiger partial charge in [0.25, 0.3) is 0 Å². The highest BCUT2D eigenvalue weighted by atomic mass is 16.1. The van der Waals surface area contributed by atoms with E-state index in [-0.39, 0.29) is 11.8 Å². The molecule has 0 aliphatic carbocycles. The Bertz CT molecular complexity index is 438. The molecule has 0 spiro atoms. The van der Waals surface area contributed by atoms with Crippen molar-refractivity contribution in [2.45, 2.75) is 39.0 Å². The topological polar surface area (TPSA) is 58.4 Å². The molecule has 1 aliphatic rings. The predicted molar refractivity (Wildman–Crippen MR) is 88.6 cm³/mol. The molecule has 4 heteroatoms. The fourth-order valence-electron chi connectivity index (χ4n) is 2.73. The SMILES string of the molecule is CC(CCCN)C(=O)Nc1ccc(N2CCCCC2)cc1. The zero-order valence-corrected chi connectivity index (χ0v) is 13.0. The van der Waals surface area contributed by atoms with Gasteiger partial charge in [0.05, 0.1) is 0 Å². The average molecular weight is 289 g/mol. The molecule has 0 bridgehead atoms. The number of nitrogens with one attached hydrogen (secondary N) is 1. The highest BCUT2D eigenvalue weighted by Gasteiger charge is 2.13. The molecule has 4 nitrogen and oxygen atoms in total. The van der Waals surface area contributed by atoms with Crippen LogP contribution in [0, 0.1) is 5.92 Å². The van der Waals surface area contributed by atoms with Crippen LogP contribution in [0.15, 0.2) is 24.3 Å². The Hall–Kier alpha value is -1.55. The molecule has 1 amide bonds. The number of carbonyl (C=O) groups is 1. The molecule has 1 saturated heterocycles. The fourth-order valence-corrected chi connectivity index (χ4v) is 2.73. The molecule has 0 aromatic heterocycles. The third-order valence-corrected chi connectivity index (χ3v) is 4.14. The molecule has 0 radical (unpaired) electrons. The number of nitrogens with zero attached hydrogens (tertiary/aromatic N) is 1. The van der Waals surface area contributed by atoms with Gasteiger partial charge in [-0.3, -0.25) is 4.79 Å². The summed E-state index contributed by atoms with van der Waals surface area (Å²) in [4.78, 5) is 14.5. The monoisotopic (exact) mass is 289 g/mol. The van der Waals surface area contributed by atoms with Gasteiger partial charge in [-0.1, -0.05) is 6.92 Å². The first-order chi connectivity index (χ1) is 10.2. The Kier molecular flexibility index (Phi) is 6.05. The summed E-state index contributed by atoms with van der Waals surface area (Å²) >= 11 is 0. The maximum atomic E-state index is 12.0. The molecule has 1 aromatic rings. The second-order valence-corrected chi connectivity index (χ2v) is 5.92. The van der Waals surface area contributed by atoms with Gasteiger partial charge in [0, 0.05) is 30.4 Å². The van der Waals surface area contributed by atoms with Crippen molar-refractivity contribution < 1.29 is 4.79 Å². The van der Waals surface area contributed by atoms with Crippen LogP contribution in [0.2, 0.25) is 0 Å². The highest BCUT2D eigenvalue weighted by Crippen LogP contribution is 2.22. The summed E-state index contributed by atoms with van der Waals surface area (Å²) in [5.41, 5.74) is 7.61. The molecule has 1 aliphatic heterocycles. The Morgan fingerprint density at radius 2 is 1.90 bits per heavy atom. The van der Waals surface area contributed by atoms with E-state index in [1.165, 1.54) is 24.9 Å². The van der Waals surface area contributed by atoms with E-state index < -0.39 is 0 Å². The first kappa shape index (κ1) is 15.8. The number of hydrogen-bond donors (Lipinski definition) is 2. The lowest BCUT2D eigenvalue weighted by Gasteiger charge is -2.28. The van der Waals surface area contributed by atoms with Crippen LogP contribution in [0.5, 0.6) is 0 Å². The Morgan fingerprint density at radius 3 is 2.52 bits per heavy atom. The van der Waals surface area contributed by atoms with Crippen LogP contribution in [0.1, 0.15) is 39.0 Å². The zero-order valence-electron chi connectivity index (χ0n) is 13.0. The van der Waals surface area contributed by atoms with Gasteiger partial charge in [-0.05, 0) is 62.9 Å². The molecule has 3 N–H and O–H groups in total. The van der Waals surface area contributed by atoms with Gasteiger partial charge in [0.15, 0.2) is 0 Å². The molecule has 0 saturated carbocycles. The summed E-state index contributed by atoms with van der Waals surface area (Å²) in [6.07, 6.45) is 5.62. The van der Waals surface area contributed by atoms with Crippen molar-refractivity contribution in [3.05, 3.63) is 24.3 Å². The van der Waals surface area contributed by atoms with Crippen molar-refractivity contribution >= 4 is 17.3 Å². The second kappa shape index (κ2) is 8.03. The summed E-state index contributed by atoms with van der Waals surface area (Å²) in [5.74, 6) is 0.0875. The Labute approximate surface area is 127 Å². The minimum atomic E-state index is 0.00956. The van der Waals surface area contributed by atoms with Crippen molar-refractivity contribution in [2.24, 2.45) is 11.7 Å². The first-order valence-corrected chi connectivity index (χ1v) is 8.06. The number of piperidine rings is 1. The van der Waals surface area contributed by atoms with Gasteiger partial charge in [0.2, 0.25) is 5.91 Å². The fraction of sp³-hybridized carbons (Fsp3) is 0.588. The molecule has 1 unspecified atom stereocenters. The Morgan fingerprint density at radius 1 is 1.24 bits per heavy atom. The number of hydrogen-bond acceptors (Lipinski definition) is 3. The lowest BCUT2D eigenvalue weighted by atomic mass is 10.0. The maximum absolute atomic E-state index is 12.0. The van der Waals surface area contributed by atoms with Crippen LogP contribution in [0.3, 0.4) is 0 Å². The third kappa shape index (κ3) is 4.74. The van der Waals surface area contributed by atoms with Gasteiger partial charge in [-0.25, -0.2) is 0 Å². The molecule has 21 heavy (non-hydrogen) atoms. The van der Waals surface area contributed by atoms with Crippen LogP contribution in [0.4, 0.5) is 11.4 Å². The summed E-state index contributed by atoms with van der Waals surface area (Å²) in [5, 5.41) is 2.98. The summed E-state index contributed by atoms with van der Waals surface area (Å²) < 4.78 is 0. The van der Waals surface area contributed by atoms with Gasteiger partial charge in [-0.2, -0.15) is 0 Å². The summed E-state index contributed by atoms with van der Waals surface area (Å²) in [6.45, 7) is 4.87. The van der Waals surface area contributed by atoms with E-state index in [2.05, 4.69) is 22.3 Å². The van der Waals surface area contributed by atoms with Crippen molar-refractivity contribution in [3.63, 3.8) is 0 Å². The summed E-state index contributed by atoms with van der Waals surface area (Å²) in [7, 11) is 0. The smallest absolute Gasteiger partial charge is 0.227 e. The number of amides is 1. The molecule has 116 valence electrons.